The minimum atomic E-state index is -0.995. The Bertz CT molecular complexity index is 4560. The number of carbonyl (C=O) groups excluding carboxylic acids is 12. The van der Waals surface area contributed by atoms with E-state index in [9.17, 15) is 57.5 Å². The van der Waals surface area contributed by atoms with E-state index in [0.717, 1.165) is 0 Å². The highest BCUT2D eigenvalue weighted by Crippen LogP contribution is 2.25. The lowest BCUT2D eigenvalue weighted by Gasteiger charge is -2.28. The molecule has 9 rings (SSSR count). The Kier molecular flexibility index (Phi) is 22.6. The third kappa shape index (κ3) is 18.0. The first kappa shape index (κ1) is 72.4. The predicted molar refractivity (Wildman–Crippen MR) is 371 cm³/mol. The molecule has 8 aromatic rings. The fourth-order valence-electron chi connectivity index (χ4n) is 11.5. The summed E-state index contributed by atoms with van der Waals surface area (Å²) >= 11 is 0. The smallest absolute Gasteiger partial charge is 0.291 e. The van der Waals surface area contributed by atoms with E-state index in [0.29, 0.717) is 48.6 Å². The van der Waals surface area contributed by atoms with Gasteiger partial charge in [-0.3, -0.25) is 62.9 Å². The quantitative estimate of drug-likeness (QED) is 0.0181. The van der Waals surface area contributed by atoms with Crippen LogP contribution in [0.2, 0.25) is 0 Å². The maximum Gasteiger partial charge on any atom is 0.291 e. The minimum absolute atomic E-state index is 0.0155. The number of nitrogens with zero attached hydrogens (tertiary/aromatic N) is 10. The number of amides is 12. The minimum Gasteiger partial charge on any atom is -0.370 e. The van der Waals surface area contributed by atoms with Gasteiger partial charge in [0.15, 0.2) is 11.8 Å². The second kappa shape index (κ2) is 31.5. The summed E-state index contributed by atoms with van der Waals surface area (Å²) in [6, 6.07) is 8.56. The molecule has 532 valence electrons. The number of aryl methyl sites for hydroxylation is 8. The molecule has 8 aromatic heterocycles. The van der Waals surface area contributed by atoms with Crippen LogP contribution in [0, 0.1) is 5.41 Å². The van der Waals surface area contributed by atoms with Crippen LogP contribution in [0.25, 0.3) is 0 Å². The summed E-state index contributed by atoms with van der Waals surface area (Å²) in [5, 5.41) is 37.5. The maximum absolute atomic E-state index is 13.6. The van der Waals surface area contributed by atoms with E-state index in [1.165, 1.54) is 99.6 Å². The molecule has 1 fully saturated rings. The third-order valence-corrected chi connectivity index (χ3v) is 16.5. The molecule has 36 heteroatoms. The van der Waals surface area contributed by atoms with Crippen LogP contribution in [0.15, 0.2) is 98.2 Å². The number of hydrogen-bond acceptors (Lipinski definition) is 14. The molecule has 36 nitrogen and oxygen atoms in total. The Hall–Kier alpha value is -12.9. The second-order valence-corrected chi connectivity index (χ2v) is 24.3. The molecule has 0 aromatic carbocycles. The van der Waals surface area contributed by atoms with Crippen molar-refractivity contribution in [3.8, 4) is 0 Å². The van der Waals surface area contributed by atoms with Crippen molar-refractivity contribution in [3.05, 3.63) is 144 Å². The van der Waals surface area contributed by atoms with Crippen LogP contribution in [-0.4, -0.2) is 162 Å². The summed E-state index contributed by atoms with van der Waals surface area (Å²) in [4.78, 5) is 164. The van der Waals surface area contributed by atoms with E-state index >= 15 is 0 Å². The van der Waals surface area contributed by atoms with Gasteiger partial charge in [-0.1, -0.05) is 0 Å². The normalized spacial score (nSPS) is 12.8. The monoisotopic (exact) mass is 1390 g/mol. The number of nitrogens with two attached hydrogens (primary N) is 2. The largest absolute Gasteiger partial charge is 0.370 e. The highest BCUT2D eigenvalue weighted by Gasteiger charge is 2.37. The van der Waals surface area contributed by atoms with Crippen molar-refractivity contribution in [3.63, 3.8) is 0 Å². The molecule has 9 heterocycles. The summed E-state index contributed by atoms with van der Waals surface area (Å²) in [7, 11) is 13.0. The van der Waals surface area contributed by atoms with Crippen molar-refractivity contribution in [2.24, 2.45) is 67.8 Å². The average Bonchev–Trinajstić information content (AvgIpc) is 1.70. The van der Waals surface area contributed by atoms with E-state index in [1.54, 1.807) is 96.5 Å². The molecule has 1 aliphatic heterocycles. The van der Waals surface area contributed by atoms with Crippen molar-refractivity contribution in [1.29, 1.82) is 5.41 Å². The van der Waals surface area contributed by atoms with Crippen LogP contribution in [-0.2, 0) is 75.6 Å². The number of rotatable bonds is 29. The van der Waals surface area contributed by atoms with Crippen molar-refractivity contribution >= 4 is 117 Å². The van der Waals surface area contributed by atoms with Crippen molar-refractivity contribution < 1.29 is 57.5 Å². The van der Waals surface area contributed by atoms with Gasteiger partial charge in [0, 0.05) is 151 Å². The van der Waals surface area contributed by atoms with E-state index in [2.05, 4.69) is 63.5 Å². The molecule has 101 heavy (non-hydrogen) atoms. The molecule has 1 aliphatic rings. The number of imidazole rings is 1. The Balaban J connectivity index is 0.685. The van der Waals surface area contributed by atoms with Crippen molar-refractivity contribution in [1.82, 2.24) is 67.7 Å². The molecule has 12 amide bonds. The van der Waals surface area contributed by atoms with Crippen LogP contribution in [0.5, 0.6) is 0 Å². The molecule has 16 N–H and O–H groups in total. The molecule has 2 atom stereocenters. The van der Waals surface area contributed by atoms with Gasteiger partial charge in [0.05, 0.1) is 39.8 Å². The molecule has 0 radical (unpaired) electrons. The Morgan fingerprint density at radius 2 is 0.802 bits per heavy atom. The number of primary amides is 1. The molecule has 0 spiro atoms. The van der Waals surface area contributed by atoms with Crippen LogP contribution >= 0.6 is 0 Å². The number of nitrogens with one attached hydrogen (secondary N) is 12. The van der Waals surface area contributed by atoms with E-state index in [4.69, 9.17) is 16.9 Å². The van der Waals surface area contributed by atoms with E-state index in [-0.39, 0.29) is 120 Å². The lowest BCUT2D eigenvalue weighted by Crippen LogP contribution is -2.53. The molecular formula is C65H80N24O12. The van der Waals surface area contributed by atoms with Crippen LogP contribution in [0.4, 0.5) is 39.8 Å². The zero-order chi connectivity index (χ0) is 73.1. The summed E-state index contributed by atoms with van der Waals surface area (Å²) in [5.74, 6) is -6.20. The number of likely N-dealkylation sites (tertiary alicyclic amines) is 1. The van der Waals surface area contributed by atoms with Crippen LogP contribution in [0.3, 0.4) is 0 Å². The van der Waals surface area contributed by atoms with Gasteiger partial charge in [-0.25, -0.2) is 4.98 Å². The molecular weight excluding hydrogens is 1310 g/mol. The lowest BCUT2D eigenvalue weighted by molar-refractivity contribution is -0.140. The highest BCUT2D eigenvalue weighted by molar-refractivity contribution is 6.11. The van der Waals surface area contributed by atoms with Gasteiger partial charge in [-0.15, -0.1) is 0 Å². The number of guanidine groups is 1. The molecule has 0 saturated carbocycles. The van der Waals surface area contributed by atoms with Gasteiger partial charge in [-0.05, 0) is 74.6 Å². The summed E-state index contributed by atoms with van der Waals surface area (Å²) in [6.45, 7) is 0.595. The second-order valence-electron chi connectivity index (χ2n) is 24.3. The first-order chi connectivity index (χ1) is 48.0. The first-order valence-corrected chi connectivity index (χ1v) is 31.8. The molecule has 0 aliphatic carbocycles. The van der Waals surface area contributed by atoms with Gasteiger partial charge in [0.2, 0.25) is 23.6 Å². The van der Waals surface area contributed by atoms with Gasteiger partial charge < -0.3 is 111 Å². The SMILES string of the molecule is Cn1cc(NC(=O)c2cc(NC(=O)c3cc(NC(=O)c4nccn4C)cn3C)cn2C)cc1C(=O)NCCCC(=O)Nc1cc(C(=O)Nc2cc(C(=O)Nc3cc(C(=O)Nc4cc(C(=O)NCCC(=O)NC(CCCNC(=N)N)C(=O)N5CCCC5C(N)=O)n(C)c4)n(C)c3)n(C)c2)n(C)c1. The Morgan fingerprint density at radius 3 is 1.17 bits per heavy atom. The predicted octanol–water partition coefficient (Wildman–Crippen LogP) is 1.80. The third-order valence-electron chi connectivity index (χ3n) is 16.5. The number of aromatic nitrogens is 9. The maximum atomic E-state index is 13.6. The van der Waals surface area contributed by atoms with Crippen LogP contribution < -0.4 is 70.0 Å². The fraction of sp³-hybridized carbons (Fsp3) is 0.323. The van der Waals surface area contributed by atoms with Crippen molar-refractivity contribution in [2.45, 2.75) is 57.0 Å². The summed E-state index contributed by atoms with van der Waals surface area (Å²) in [5.41, 5.74) is 14.4. The van der Waals surface area contributed by atoms with Crippen molar-refractivity contribution in [2.75, 3.05) is 63.4 Å². The zero-order valence-electron chi connectivity index (χ0n) is 56.7. The van der Waals surface area contributed by atoms with E-state index < -0.39 is 77.1 Å². The van der Waals surface area contributed by atoms with E-state index in [1.807, 2.05) is 0 Å². The first-order valence-electron chi connectivity index (χ1n) is 31.8. The molecule has 0 bridgehead atoms. The van der Waals surface area contributed by atoms with Gasteiger partial charge in [-0.2, -0.15) is 0 Å². The Labute approximate surface area is 577 Å². The molecule has 2 unspecified atom stereocenters. The highest BCUT2D eigenvalue weighted by atomic mass is 16.2. The van der Waals surface area contributed by atoms with Crippen LogP contribution in [0.1, 0.15) is 129 Å². The molecule has 1 saturated heterocycles. The fourth-order valence-corrected chi connectivity index (χ4v) is 11.5. The average molecular weight is 1390 g/mol. The van der Waals surface area contributed by atoms with Gasteiger partial charge in [0.25, 0.3) is 47.3 Å². The van der Waals surface area contributed by atoms with Gasteiger partial charge in [0.1, 0.15) is 51.9 Å². The standard InChI is InChI=1S/C65H80N24O12/c1-81-21-19-69-55(81)63(100)79-42-28-51(88(8)35-42)62(99)78-41-27-48(86(6)34-41)59(96)74-37-23-45(82(2)30-37)56(93)70-16-10-14-52(90)73-36-22-47(84(4)29-36)58(95)76-39-25-50(87(7)32-39)61(98)77-40-26-49(85(5)33-40)60(97)75-38-24-46(83(3)31-38)57(94)71-18-15-53(91)80-43(12-9-17-72-65(67)68)64(101)89-20-11-13-44(89)54(66)92/h19,21-35,43-44H,9-18,20H2,1-8H3,(H2,66,92)(H,70,93)(H,71,94)(H,73,90)(H,74,96)(H,75,97)(H,76,95)(H,77,98)(H,78,99)(H,79,100)(H,80,91)(H4,67,68,72). The topological polar surface area (TPSA) is 469 Å². The number of carbonyl (C=O) groups is 12. The Morgan fingerprint density at radius 1 is 0.446 bits per heavy atom. The summed E-state index contributed by atoms with van der Waals surface area (Å²) < 4.78 is 12.2. The number of anilines is 7. The zero-order valence-corrected chi connectivity index (χ0v) is 56.7. The summed E-state index contributed by atoms with van der Waals surface area (Å²) in [6.07, 6.45) is 15.6. The lowest BCUT2D eigenvalue weighted by atomic mass is 10.1. The number of hydrogen-bond donors (Lipinski definition) is 14. The van der Waals surface area contributed by atoms with Gasteiger partial charge >= 0.3 is 0 Å².